The second-order valence-electron chi connectivity index (χ2n) is 6.42. The van der Waals surface area contributed by atoms with Gasteiger partial charge in [-0.2, -0.15) is 4.31 Å². The summed E-state index contributed by atoms with van der Waals surface area (Å²) in [6.45, 7) is 3.75. The standard InChI is InChI=1S/C18H22N4O4S/c1-2-3-15-4-7-17(8-5-15)27(25,26)21-12-10-20(11-13-21)18-9-6-16(14-19-18)22(23)24/h4-9,14H,2-3,10-13H2,1H3. The van der Waals surface area contributed by atoms with Gasteiger partial charge in [0.1, 0.15) is 12.0 Å². The van der Waals surface area contributed by atoms with Gasteiger partial charge in [0.15, 0.2) is 0 Å². The maximum absolute atomic E-state index is 12.8. The third kappa shape index (κ3) is 4.25. The number of aromatic nitrogens is 1. The topological polar surface area (TPSA) is 96.7 Å². The third-order valence-corrected chi connectivity index (χ3v) is 6.52. The first-order valence-corrected chi connectivity index (χ1v) is 10.3. The van der Waals surface area contributed by atoms with Crippen LogP contribution in [-0.2, 0) is 16.4 Å². The number of nitrogens with zero attached hydrogens (tertiary/aromatic N) is 4. The minimum absolute atomic E-state index is 0.0634. The van der Waals surface area contributed by atoms with Crippen LogP contribution < -0.4 is 4.90 Å². The average molecular weight is 390 g/mol. The van der Waals surface area contributed by atoms with E-state index >= 15 is 0 Å². The molecule has 2 aromatic rings. The fourth-order valence-electron chi connectivity index (χ4n) is 3.10. The fourth-order valence-corrected chi connectivity index (χ4v) is 4.52. The van der Waals surface area contributed by atoms with Crippen LogP contribution in [0.25, 0.3) is 0 Å². The number of aryl methyl sites for hydroxylation is 1. The third-order valence-electron chi connectivity index (χ3n) is 4.61. The number of hydrogen-bond acceptors (Lipinski definition) is 6. The molecular formula is C18H22N4O4S. The van der Waals surface area contributed by atoms with Crippen molar-refractivity contribution in [2.45, 2.75) is 24.7 Å². The summed E-state index contributed by atoms with van der Waals surface area (Å²) in [5, 5.41) is 10.7. The lowest BCUT2D eigenvalue weighted by Gasteiger charge is -2.34. The van der Waals surface area contributed by atoms with E-state index in [1.807, 2.05) is 17.0 Å². The molecule has 0 spiro atoms. The molecule has 8 nitrogen and oxygen atoms in total. The maximum Gasteiger partial charge on any atom is 0.287 e. The lowest BCUT2D eigenvalue weighted by atomic mass is 10.1. The van der Waals surface area contributed by atoms with Gasteiger partial charge in [0.2, 0.25) is 10.0 Å². The lowest BCUT2D eigenvalue weighted by Crippen LogP contribution is -2.48. The number of rotatable bonds is 6. The van der Waals surface area contributed by atoms with Gasteiger partial charge < -0.3 is 4.90 Å². The Hall–Kier alpha value is -2.52. The van der Waals surface area contributed by atoms with Crippen LogP contribution in [0, 0.1) is 10.1 Å². The molecule has 0 amide bonds. The van der Waals surface area contributed by atoms with E-state index in [-0.39, 0.29) is 5.69 Å². The fraction of sp³-hybridized carbons (Fsp3) is 0.389. The van der Waals surface area contributed by atoms with Gasteiger partial charge in [-0.1, -0.05) is 25.5 Å². The van der Waals surface area contributed by atoms with Crippen molar-refractivity contribution in [2.24, 2.45) is 0 Å². The predicted octanol–water partition coefficient (Wildman–Crippen LogP) is 2.45. The molecule has 0 bridgehead atoms. The molecule has 3 rings (SSSR count). The Morgan fingerprint density at radius 3 is 2.26 bits per heavy atom. The van der Waals surface area contributed by atoms with Crippen molar-refractivity contribution >= 4 is 21.5 Å². The zero-order valence-electron chi connectivity index (χ0n) is 15.1. The van der Waals surface area contributed by atoms with E-state index in [0.717, 1.165) is 18.4 Å². The molecule has 0 unspecified atom stereocenters. The quantitative estimate of drug-likeness (QED) is 0.555. The van der Waals surface area contributed by atoms with Crippen molar-refractivity contribution in [3.05, 3.63) is 58.3 Å². The maximum atomic E-state index is 12.8. The predicted molar refractivity (Wildman–Crippen MR) is 102 cm³/mol. The van der Waals surface area contributed by atoms with Crippen LogP contribution in [0.2, 0.25) is 0 Å². The molecule has 1 aliphatic heterocycles. The summed E-state index contributed by atoms with van der Waals surface area (Å²) in [4.78, 5) is 16.6. The zero-order chi connectivity index (χ0) is 19.4. The Balaban J connectivity index is 1.66. The van der Waals surface area contributed by atoms with Gasteiger partial charge in [-0.05, 0) is 30.2 Å². The molecule has 0 saturated carbocycles. The summed E-state index contributed by atoms with van der Waals surface area (Å²) in [5.74, 6) is 0.613. The van der Waals surface area contributed by atoms with Gasteiger partial charge >= 0.3 is 0 Å². The Morgan fingerprint density at radius 1 is 1.07 bits per heavy atom. The van der Waals surface area contributed by atoms with Crippen LogP contribution in [0.3, 0.4) is 0 Å². The second-order valence-corrected chi connectivity index (χ2v) is 8.35. The van der Waals surface area contributed by atoms with Crippen LogP contribution in [0.4, 0.5) is 11.5 Å². The molecule has 27 heavy (non-hydrogen) atoms. The number of sulfonamides is 1. The Labute approximate surface area is 158 Å². The van der Waals surface area contributed by atoms with Crippen molar-refractivity contribution in [3.8, 4) is 0 Å². The number of anilines is 1. The second kappa shape index (κ2) is 8.01. The molecule has 1 fully saturated rings. The van der Waals surface area contributed by atoms with Gasteiger partial charge in [0.25, 0.3) is 5.69 Å². The van der Waals surface area contributed by atoms with Gasteiger partial charge in [-0.25, -0.2) is 13.4 Å². The summed E-state index contributed by atoms with van der Waals surface area (Å²) in [5.41, 5.74) is 1.07. The molecule has 1 aromatic carbocycles. The minimum Gasteiger partial charge on any atom is -0.354 e. The van der Waals surface area contributed by atoms with Crippen LogP contribution in [-0.4, -0.2) is 48.8 Å². The molecule has 0 aliphatic carbocycles. The van der Waals surface area contributed by atoms with Crippen molar-refractivity contribution < 1.29 is 13.3 Å². The van der Waals surface area contributed by atoms with Gasteiger partial charge in [-0.3, -0.25) is 10.1 Å². The highest BCUT2D eigenvalue weighted by Gasteiger charge is 2.29. The summed E-state index contributed by atoms with van der Waals surface area (Å²) in [6, 6.07) is 10.1. The van der Waals surface area contributed by atoms with E-state index in [1.165, 1.54) is 16.6 Å². The molecule has 0 N–H and O–H groups in total. The first kappa shape index (κ1) is 19.2. The number of hydrogen-bond donors (Lipinski definition) is 0. The summed E-state index contributed by atoms with van der Waals surface area (Å²) in [7, 11) is -3.52. The molecule has 2 heterocycles. The minimum atomic E-state index is -3.52. The van der Waals surface area contributed by atoms with Crippen molar-refractivity contribution in [2.75, 3.05) is 31.1 Å². The van der Waals surface area contributed by atoms with Crippen molar-refractivity contribution in [3.63, 3.8) is 0 Å². The van der Waals surface area contributed by atoms with E-state index in [0.29, 0.717) is 36.9 Å². The molecule has 9 heteroatoms. The monoisotopic (exact) mass is 390 g/mol. The van der Waals surface area contributed by atoms with Crippen LogP contribution in [0.1, 0.15) is 18.9 Å². The Kier molecular flexibility index (Phi) is 5.71. The van der Waals surface area contributed by atoms with Gasteiger partial charge in [0, 0.05) is 32.2 Å². The number of pyridine rings is 1. The zero-order valence-corrected chi connectivity index (χ0v) is 15.9. The van der Waals surface area contributed by atoms with E-state index in [2.05, 4.69) is 11.9 Å². The van der Waals surface area contributed by atoms with E-state index in [1.54, 1.807) is 18.2 Å². The number of piperazine rings is 1. The summed E-state index contributed by atoms with van der Waals surface area (Å²) < 4.78 is 27.1. The molecule has 144 valence electrons. The Bertz CT molecular complexity index is 890. The molecule has 0 radical (unpaired) electrons. The smallest absolute Gasteiger partial charge is 0.287 e. The van der Waals surface area contributed by atoms with E-state index in [9.17, 15) is 18.5 Å². The first-order chi connectivity index (χ1) is 12.9. The summed E-state index contributed by atoms with van der Waals surface area (Å²) in [6.07, 6.45) is 3.17. The highest BCUT2D eigenvalue weighted by Crippen LogP contribution is 2.22. The normalized spacial score (nSPS) is 15.7. The first-order valence-electron chi connectivity index (χ1n) is 8.86. The highest BCUT2D eigenvalue weighted by molar-refractivity contribution is 7.89. The average Bonchev–Trinajstić information content (AvgIpc) is 2.69. The molecule has 1 aliphatic rings. The molecule has 1 saturated heterocycles. The number of benzene rings is 1. The van der Waals surface area contributed by atoms with E-state index in [4.69, 9.17) is 0 Å². The van der Waals surface area contributed by atoms with Gasteiger partial charge in [0.05, 0.1) is 9.82 Å². The van der Waals surface area contributed by atoms with Crippen molar-refractivity contribution in [1.82, 2.24) is 9.29 Å². The van der Waals surface area contributed by atoms with Crippen molar-refractivity contribution in [1.29, 1.82) is 0 Å². The Morgan fingerprint density at radius 2 is 1.74 bits per heavy atom. The van der Waals surface area contributed by atoms with Crippen LogP contribution >= 0.6 is 0 Å². The van der Waals surface area contributed by atoms with Gasteiger partial charge in [-0.15, -0.1) is 0 Å². The molecule has 1 aromatic heterocycles. The number of nitro groups is 1. The molecular weight excluding hydrogens is 368 g/mol. The van der Waals surface area contributed by atoms with E-state index < -0.39 is 14.9 Å². The van der Waals surface area contributed by atoms with Crippen LogP contribution in [0.5, 0.6) is 0 Å². The lowest BCUT2D eigenvalue weighted by molar-refractivity contribution is -0.385. The summed E-state index contributed by atoms with van der Waals surface area (Å²) >= 11 is 0. The molecule has 0 atom stereocenters. The highest BCUT2D eigenvalue weighted by atomic mass is 32.2. The SMILES string of the molecule is CCCc1ccc(S(=O)(=O)N2CCN(c3ccc([N+](=O)[O-])cn3)CC2)cc1. The largest absolute Gasteiger partial charge is 0.354 e. The van der Waals surface area contributed by atoms with Crippen LogP contribution in [0.15, 0.2) is 47.5 Å².